The molecule has 0 N–H and O–H groups in total. The van der Waals surface area contributed by atoms with Crippen LogP contribution in [-0.4, -0.2) is 36.1 Å². The van der Waals surface area contributed by atoms with Gasteiger partial charge in [-0.1, -0.05) is 12.1 Å². The molecule has 1 aromatic heterocycles. The maximum atomic E-state index is 13.3. The fourth-order valence-corrected chi connectivity index (χ4v) is 4.78. The highest BCUT2D eigenvalue weighted by atomic mass is 16.5. The Bertz CT molecular complexity index is 1080. The van der Waals surface area contributed by atoms with Crippen molar-refractivity contribution in [3.63, 3.8) is 0 Å². The zero-order valence-electron chi connectivity index (χ0n) is 16.1. The Morgan fingerprint density at radius 1 is 1.11 bits per heavy atom. The number of fused-ring (bicyclic) bond motifs is 6. The molecule has 5 heteroatoms. The monoisotopic (exact) mass is 361 g/mol. The molecule has 0 fully saturated rings. The first kappa shape index (κ1) is 16.2. The lowest BCUT2D eigenvalue weighted by molar-refractivity contribution is 0.0462. The quantitative estimate of drug-likeness (QED) is 0.658. The normalized spacial score (nSPS) is 20.3. The molecule has 5 rings (SSSR count). The van der Waals surface area contributed by atoms with Crippen LogP contribution in [0.1, 0.15) is 36.1 Å². The van der Waals surface area contributed by atoms with Gasteiger partial charge in [-0.2, -0.15) is 0 Å². The van der Waals surface area contributed by atoms with Crippen molar-refractivity contribution in [3.8, 4) is 5.75 Å². The average molecular weight is 361 g/mol. The van der Waals surface area contributed by atoms with Crippen molar-refractivity contribution < 1.29 is 9.53 Å². The van der Waals surface area contributed by atoms with E-state index < -0.39 is 0 Å². The number of methoxy groups -OCH3 is 1. The number of aromatic nitrogens is 1. The van der Waals surface area contributed by atoms with Crippen LogP contribution in [0.25, 0.3) is 10.9 Å². The number of ether oxygens (including phenoxy) is 1. The Morgan fingerprint density at radius 2 is 1.89 bits per heavy atom. The van der Waals surface area contributed by atoms with Gasteiger partial charge in [0.05, 0.1) is 29.6 Å². The van der Waals surface area contributed by atoms with E-state index in [9.17, 15) is 4.79 Å². The Morgan fingerprint density at radius 3 is 2.67 bits per heavy atom. The molecule has 138 valence electrons. The lowest BCUT2D eigenvalue weighted by Crippen LogP contribution is -2.57. The molecular weight excluding hydrogens is 338 g/mol. The van der Waals surface area contributed by atoms with E-state index in [1.807, 2.05) is 35.2 Å². The first-order valence-corrected chi connectivity index (χ1v) is 9.25. The van der Waals surface area contributed by atoms with E-state index in [0.29, 0.717) is 6.54 Å². The second-order valence-corrected chi connectivity index (χ2v) is 8.08. The summed E-state index contributed by atoms with van der Waals surface area (Å²) in [4.78, 5) is 17.5. The maximum Gasteiger partial charge on any atom is 0.257 e. The largest absolute Gasteiger partial charge is 0.497 e. The smallest absolute Gasteiger partial charge is 0.257 e. The van der Waals surface area contributed by atoms with Crippen LogP contribution in [0.15, 0.2) is 48.5 Å². The van der Waals surface area contributed by atoms with Gasteiger partial charge >= 0.3 is 0 Å². The van der Waals surface area contributed by atoms with Crippen LogP contribution in [0.3, 0.4) is 0 Å². The Labute approximate surface area is 158 Å². The number of para-hydroxylation sites is 1. The van der Waals surface area contributed by atoms with E-state index in [2.05, 4.69) is 48.6 Å². The predicted molar refractivity (Wildman–Crippen MR) is 106 cm³/mol. The van der Waals surface area contributed by atoms with E-state index >= 15 is 0 Å². The summed E-state index contributed by atoms with van der Waals surface area (Å²) in [5, 5.41) is 1.14. The van der Waals surface area contributed by atoms with Gasteiger partial charge in [-0.05, 0) is 50.2 Å². The van der Waals surface area contributed by atoms with Crippen LogP contribution in [0, 0.1) is 0 Å². The number of hydrogen-bond donors (Lipinski definition) is 0. The van der Waals surface area contributed by atoms with Crippen LogP contribution in [0.4, 0.5) is 5.69 Å². The SMILES string of the molecule is COc1ccc2c(c1)cc1n2C(C)(C)CN2C(=O)c3ccccc3N(C)C12. The van der Waals surface area contributed by atoms with Gasteiger partial charge in [-0.3, -0.25) is 4.79 Å². The topological polar surface area (TPSA) is 37.7 Å². The van der Waals surface area contributed by atoms with Crippen LogP contribution < -0.4 is 9.64 Å². The molecule has 2 aromatic carbocycles. The lowest BCUT2D eigenvalue weighted by atomic mass is 9.95. The standard InChI is InChI=1S/C22H23N3O2/c1-22(2)13-24-20(23(3)18-8-6-5-7-16(18)21(24)26)19-12-14-11-15(27-4)9-10-17(14)25(19)22/h5-12,20H,13H2,1-4H3. The van der Waals surface area contributed by atoms with Crippen LogP contribution >= 0.6 is 0 Å². The van der Waals surface area contributed by atoms with Gasteiger partial charge in [-0.25, -0.2) is 0 Å². The number of hydrogen-bond acceptors (Lipinski definition) is 3. The lowest BCUT2D eigenvalue weighted by Gasteiger charge is -2.51. The minimum atomic E-state index is -0.203. The van der Waals surface area contributed by atoms with Gasteiger partial charge in [-0.15, -0.1) is 0 Å². The molecule has 0 bridgehead atoms. The molecule has 27 heavy (non-hydrogen) atoms. The van der Waals surface area contributed by atoms with Crippen molar-refractivity contribution in [2.45, 2.75) is 25.6 Å². The second kappa shape index (κ2) is 5.28. The van der Waals surface area contributed by atoms with Crippen molar-refractivity contribution in [1.29, 1.82) is 0 Å². The molecular formula is C22H23N3O2. The van der Waals surface area contributed by atoms with Crippen LogP contribution in [0.2, 0.25) is 0 Å². The maximum absolute atomic E-state index is 13.3. The van der Waals surface area contributed by atoms with Crippen molar-refractivity contribution in [2.24, 2.45) is 0 Å². The minimum Gasteiger partial charge on any atom is -0.497 e. The van der Waals surface area contributed by atoms with E-state index in [-0.39, 0.29) is 17.6 Å². The third kappa shape index (κ3) is 2.08. The summed E-state index contributed by atoms with van der Waals surface area (Å²) in [6.45, 7) is 5.06. The molecule has 0 saturated heterocycles. The number of nitrogens with zero attached hydrogens (tertiary/aromatic N) is 3. The van der Waals surface area contributed by atoms with Crippen molar-refractivity contribution in [1.82, 2.24) is 9.47 Å². The highest BCUT2D eigenvalue weighted by molar-refractivity contribution is 6.02. The van der Waals surface area contributed by atoms with E-state index in [4.69, 9.17) is 4.74 Å². The molecule has 1 atom stereocenters. The molecule has 5 nitrogen and oxygen atoms in total. The molecule has 0 saturated carbocycles. The molecule has 3 aromatic rings. The Kier molecular flexibility index (Phi) is 3.18. The molecule has 2 aliphatic heterocycles. The van der Waals surface area contributed by atoms with Crippen molar-refractivity contribution in [3.05, 3.63) is 59.8 Å². The molecule has 1 unspecified atom stereocenters. The first-order chi connectivity index (χ1) is 12.9. The summed E-state index contributed by atoms with van der Waals surface area (Å²) >= 11 is 0. The van der Waals surface area contributed by atoms with Crippen molar-refractivity contribution >= 4 is 22.5 Å². The zero-order valence-corrected chi connectivity index (χ0v) is 16.1. The molecule has 0 aliphatic carbocycles. The number of carbonyl (C=O) groups is 1. The minimum absolute atomic E-state index is 0.107. The second-order valence-electron chi connectivity index (χ2n) is 8.08. The third-order valence-corrected chi connectivity index (χ3v) is 5.90. The number of amides is 1. The number of benzene rings is 2. The zero-order chi connectivity index (χ0) is 18.9. The number of anilines is 1. The van der Waals surface area contributed by atoms with Gasteiger partial charge in [0.25, 0.3) is 5.91 Å². The summed E-state index contributed by atoms with van der Waals surface area (Å²) in [5.41, 5.74) is 3.87. The van der Waals surface area contributed by atoms with E-state index in [0.717, 1.165) is 28.1 Å². The van der Waals surface area contributed by atoms with E-state index in [1.54, 1.807) is 7.11 Å². The van der Waals surface area contributed by atoms with Crippen molar-refractivity contribution in [2.75, 3.05) is 25.6 Å². The third-order valence-electron chi connectivity index (χ3n) is 5.90. The summed E-state index contributed by atoms with van der Waals surface area (Å²) in [5.74, 6) is 0.953. The summed E-state index contributed by atoms with van der Waals surface area (Å²) in [7, 11) is 3.76. The highest BCUT2D eigenvalue weighted by Gasteiger charge is 2.46. The number of rotatable bonds is 1. The number of carbonyl (C=O) groups excluding carboxylic acids is 1. The molecule has 0 radical (unpaired) electrons. The Hall–Kier alpha value is -2.95. The van der Waals surface area contributed by atoms with E-state index in [1.165, 1.54) is 5.52 Å². The van der Waals surface area contributed by atoms with Gasteiger partial charge < -0.3 is 19.1 Å². The summed E-state index contributed by atoms with van der Waals surface area (Å²) in [6, 6.07) is 16.3. The predicted octanol–water partition coefficient (Wildman–Crippen LogP) is 3.99. The fourth-order valence-electron chi connectivity index (χ4n) is 4.78. The van der Waals surface area contributed by atoms with Gasteiger partial charge in [0.1, 0.15) is 11.9 Å². The Balaban J connectivity index is 1.78. The summed E-state index contributed by atoms with van der Waals surface area (Å²) < 4.78 is 7.80. The van der Waals surface area contributed by atoms with Gasteiger partial charge in [0, 0.05) is 24.5 Å². The first-order valence-electron chi connectivity index (χ1n) is 9.25. The highest BCUT2D eigenvalue weighted by Crippen LogP contribution is 2.45. The van der Waals surface area contributed by atoms with Gasteiger partial charge in [0.15, 0.2) is 0 Å². The van der Waals surface area contributed by atoms with Gasteiger partial charge in [0.2, 0.25) is 0 Å². The van der Waals surface area contributed by atoms with Crippen LogP contribution in [-0.2, 0) is 5.54 Å². The summed E-state index contributed by atoms with van der Waals surface area (Å²) in [6.07, 6.45) is -0.112. The average Bonchev–Trinajstić information content (AvgIpc) is 3.05. The molecule has 3 heterocycles. The molecule has 2 aliphatic rings. The van der Waals surface area contributed by atoms with Crippen LogP contribution in [0.5, 0.6) is 5.75 Å². The fraction of sp³-hybridized carbons (Fsp3) is 0.318. The molecule has 1 amide bonds. The molecule has 0 spiro atoms.